The zero-order chi connectivity index (χ0) is 22.5. The van der Waals surface area contributed by atoms with E-state index in [1.807, 2.05) is 71.4 Å². The van der Waals surface area contributed by atoms with Crippen molar-refractivity contribution in [1.29, 1.82) is 0 Å². The number of anilines is 1. The van der Waals surface area contributed by atoms with Gasteiger partial charge in [0.2, 0.25) is 5.91 Å². The van der Waals surface area contributed by atoms with Crippen LogP contribution in [-0.4, -0.2) is 43.7 Å². The quantitative estimate of drug-likeness (QED) is 0.496. The van der Waals surface area contributed by atoms with E-state index in [1.165, 1.54) is 0 Å². The lowest BCUT2D eigenvalue weighted by Gasteiger charge is -2.32. The van der Waals surface area contributed by atoms with Gasteiger partial charge in [-0.15, -0.1) is 10.2 Å². The first-order valence-electron chi connectivity index (χ1n) is 11.1. The number of pyridine rings is 1. The number of nitrogens with zero attached hydrogens (tertiary/aromatic N) is 6. The number of piperidine rings is 1. The van der Waals surface area contributed by atoms with Gasteiger partial charge in [0, 0.05) is 37.2 Å². The van der Waals surface area contributed by atoms with Gasteiger partial charge >= 0.3 is 0 Å². The third-order valence-corrected chi connectivity index (χ3v) is 5.84. The summed E-state index contributed by atoms with van der Waals surface area (Å²) >= 11 is 0. The van der Waals surface area contributed by atoms with Crippen molar-refractivity contribution < 1.29 is 4.79 Å². The fourth-order valence-corrected chi connectivity index (χ4v) is 4.13. The van der Waals surface area contributed by atoms with Gasteiger partial charge < -0.3 is 10.2 Å². The lowest BCUT2D eigenvalue weighted by Crippen LogP contribution is -2.43. The number of carbonyl (C=O) groups excluding carboxylic acids is 1. The molecule has 1 N–H and O–H groups in total. The fourth-order valence-electron chi connectivity index (χ4n) is 4.13. The first kappa shape index (κ1) is 20.8. The standard InChI is InChI=1S/C25H25N7O/c33-25(28-17-21-10-4-5-13-26-21)20-9-6-15-31(18-20)22-11-12-23(30-29-22)32-16-14-27-24(32)19-7-2-1-3-8-19/h1-5,7-8,10-14,16,20H,6,9,15,17-18H2,(H,28,33). The van der Waals surface area contributed by atoms with Crippen LogP contribution in [0, 0.1) is 5.92 Å². The highest BCUT2D eigenvalue weighted by molar-refractivity contribution is 5.79. The summed E-state index contributed by atoms with van der Waals surface area (Å²) in [7, 11) is 0. The zero-order valence-electron chi connectivity index (χ0n) is 18.2. The number of aromatic nitrogens is 5. The molecule has 1 aliphatic heterocycles. The van der Waals surface area contributed by atoms with E-state index >= 15 is 0 Å². The van der Waals surface area contributed by atoms with Crippen molar-refractivity contribution in [2.45, 2.75) is 19.4 Å². The number of carbonyl (C=O) groups is 1. The number of benzene rings is 1. The summed E-state index contributed by atoms with van der Waals surface area (Å²) in [6, 6.07) is 19.6. The maximum atomic E-state index is 12.7. The topological polar surface area (TPSA) is 88.8 Å². The molecule has 0 radical (unpaired) electrons. The van der Waals surface area contributed by atoms with Crippen LogP contribution in [0.5, 0.6) is 0 Å². The zero-order valence-corrected chi connectivity index (χ0v) is 18.2. The Labute approximate surface area is 192 Å². The molecule has 1 atom stereocenters. The lowest BCUT2D eigenvalue weighted by molar-refractivity contribution is -0.125. The average molecular weight is 440 g/mol. The van der Waals surface area contributed by atoms with E-state index in [4.69, 9.17) is 0 Å². The Balaban J connectivity index is 1.25. The third-order valence-electron chi connectivity index (χ3n) is 5.84. The molecular weight excluding hydrogens is 414 g/mol. The molecule has 166 valence electrons. The maximum absolute atomic E-state index is 12.7. The number of amides is 1. The Bertz CT molecular complexity index is 1190. The first-order chi connectivity index (χ1) is 16.3. The monoisotopic (exact) mass is 439 g/mol. The number of rotatable bonds is 6. The van der Waals surface area contributed by atoms with Gasteiger partial charge in [-0.05, 0) is 37.1 Å². The average Bonchev–Trinajstić information content (AvgIpc) is 3.39. The van der Waals surface area contributed by atoms with Gasteiger partial charge in [0.05, 0.1) is 18.2 Å². The molecule has 1 aromatic carbocycles. The van der Waals surface area contributed by atoms with E-state index in [-0.39, 0.29) is 11.8 Å². The van der Waals surface area contributed by atoms with E-state index in [2.05, 4.69) is 30.4 Å². The van der Waals surface area contributed by atoms with Crippen LogP contribution in [0.4, 0.5) is 5.82 Å². The van der Waals surface area contributed by atoms with Gasteiger partial charge in [-0.1, -0.05) is 36.4 Å². The summed E-state index contributed by atoms with van der Waals surface area (Å²) in [6.07, 6.45) is 7.18. The van der Waals surface area contributed by atoms with Crippen molar-refractivity contribution in [3.63, 3.8) is 0 Å². The van der Waals surface area contributed by atoms with Crippen LogP contribution >= 0.6 is 0 Å². The van der Waals surface area contributed by atoms with Gasteiger partial charge in [-0.2, -0.15) is 0 Å². The highest BCUT2D eigenvalue weighted by Gasteiger charge is 2.26. The van der Waals surface area contributed by atoms with Crippen molar-refractivity contribution in [1.82, 2.24) is 30.0 Å². The van der Waals surface area contributed by atoms with Crippen LogP contribution in [0.2, 0.25) is 0 Å². The van der Waals surface area contributed by atoms with Crippen LogP contribution in [0.25, 0.3) is 17.2 Å². The van der Waals surface area contributed by atoms with Crippen molar-refractivity contribution in [3.8, 4) is 17.2 Å². The summed E-state index contributed by atoms with van der Waals surface area (Å²) in [4.78, 5) is 23.6. The smallest absolute Gasteiger partial charge is 0.225 e. The fraction of sp³-hybridized carbons (Fsp3) is 0.240. The molecule has 1 fully saturated rings. The predicted molar refractivity (Wildman–Crippen MR) is 126 cm³/mol. The number of nitrogens with one attached hydrogen (secondary N) is 1. The number of hydrogen-bond donors (Lipinski definition) is 1. The minimum absolute atomic E-state index is 0.0563. The minimum atomic E-state index is -0.0812. The Hall–Kier alpha value is -4.07. The molecule has 4 aromatic rings. The summed E-state index contributed by atoms with van der Waals surface area (Å²) in [5, 5.41) is 11.9. The molecule has 1 unspecified atom stereocenters. The highest BCUT2D eigenvalue weighted by atomic mass is 16.1. The normalized spacial score (nSPS) is 15.9. The molecule has 33 heavy (non-hydrogen) atoms. The lowest BCUT2D eigenvalue weighted by atomic mass is 9.97. The summed E-state index contributed by atoms with van der Waals surface area (Å²) in [5.74, 6) is 2.28. The summed E-state index contributed by atoms with van der Waals surface area (Å²) in [6.45, 7) is 1.93. The van der Waals surface area contributed by atoms with Gasteiger partial charge in [0.15, 0.2) is 11.6 Å². The third kappa shape index (κ3) is 4.74. The van der Waals surface area contributed by atoms with E-state index < -0.39 is 0 Å². The van der Waals surface area contributed by atoms with E-state index in [0.29, 0.717) is 18.9 Å². The first-order valence-corrected chi connectivity index (χ1v) is 11.1. The van der Waals surface area contributed by atoms with Crippen molar-refractivity contribution in [2.24, 2.45) is 5.92 Å². The van der Waals surface area contributed by atoms with Crippen LogP contribution in [-0.2, 0) is 11.3 Å². The number of hydrogen-bond acceptors (Lipinski definition) is 6. The molecule has 5 rings (SSSR count). The predicted octanol–water partition coefficient (Wildman–Crippen LogP) is 3.26. The van der Waals surface area contributed by atoms with Crippen LogP contribution < -0.4 is 10.2 Å². The van der Waals surface area contributed by atoms with Crippen LogP contribution in [0.1, 0.15) is 18.5 Å². The largest absolute Gasteiger partial charge is 0.354 e. The number of imidazole rings is 1. The van der Waals surface area contributed by atoms with Gasteiger partial charge in [-0.25, -0.2) is 4.98 Å². The van der Waals surface area contributed by atoms with Crippen LogP contribution in [0.15, 0.2) is 79.3 Å². The van der Waals surface area contributed by atoms with E-state index in [1.54, 1.807) is 12.4 Å². The Morgan fingerprint density at radius 3 is 2.55 bits per heavy atom. The molecule has 3 aromatic heterocycles. The van der Waals surface area contributed by atoms with E-state index in [0.717, 1.165) is 42.3 Å². The summed E-state index contributed by atoms with van der Waals surface area (Å²) < 4.78 is 1.93. The SMILES string of the molecule is O=C(NCc1ccccn1)C1CCCN(c2ccc(-n3ccnc3-c3ccccc3)nn2)C1. The minimum Gasteiger partial charge on any atom is -0.354 e. The second-order valence-electron chi connectivity index (χ2n) is 8.06. The van der Waals surface area contributed by atoms with Gasteiger partial charge in [-0.3, -0.25) is 14.3 Å². The van der Waals surface area contributed by atoms with Crippen LogP contribution in [0.3, 0.4) is 0 Å². The molecule has 0 spiro atoms. The molecular formula is C25H25N7O. The Morgan fingerprint density at radius 1 is 0.939 bits per heavy atom. The Morgan fingerprint density at radius 2 is 1.76 bits per heavy atom. The molecule has 4 heterocycles. The van der Waals surface area contributed by atoms with Crippen molar-refractivity contribution >= 4 is 11.7 Å². The highest BCUT2D eigenvalue weighted by Crippen LogP contribution is 2.24. The van der Waals surface area contributed by atoms with Gasteiger partial charge in [0.1, 0.15) is 5.82 Å². The van der Waals surface area contributed by atoms with Gasteiger partial charge in [0.25, 0.3) is 0 Å². The molecule has 1 saturated heterocycles. The van der Waals surface area contributed by atoms with E-state index in [9.17, 15) is 4.79 Å². The van der Waals surface area contributed by atoms with Crippen molar-refractivity contribution in [3.05, 3.63) is 84.9 Å². The molecule has 8 nitrogen and oxygen atoms in total. The molecule has 1 aliphatic rings. The second-order valence-corrected chi connectivity index (χ2v) is 8.06. The molecule has 1 amide bonds. The molecule has 0 bridgehead atoms. The van der Waals surface area contributed by atoms with Crippen molar-refractivity contribution in [2.75, 3.05) is 18.0 Å². The second kappa shape index (κ2) is 9.60. The summed E-state index contributed by atoms with van der Waals surface area (Å²) in [5.41, 5.74) is 1.87. The molecule has 0 aliphatic carbocycles. The molecule has 0 saturated carbocycles. The maximum Gasteiger partial charge on any atom is 0.225 e. The Kier molecular flexibility index (Phi) is 6.06. The molecule has 8 heteroatoms.